The number of hydrogen-bond acceptors (Lipinski definition) is 2. The number of imide groups is 1. The zero-order chi connectivity index (χ0) is 12.5. The molecule has 0 saturated carbocycles. The SMILES string of the molecule is C=CCN1C(=O)N(CC=C)C2(CC=CC2)C1=O. The lowest BCUT2D eigenvalue weighted by Gasteiger charge is -2.30. The van der Waals surface area contributed by atoms with E-state index in [2.05, 4.69) is 13.2 Å². The average molecular weight is 232 g/mol. The van der Waals surface area contributed by atoms with Crippen LogP contribution >= 0.6 is 0 Å². The van der Waals surface area contributed by atoms with Crippen molar-refractivity contribution in [1.29, 1.82) is 0 Å². The topological polar surface area (TPSA) is 40.6 Å². The molecule has 90 valence electrons. The Morgan fingerprint density at radius 3 is 2.29 bits per heavy atom. The summed E-state index contributed by atoms with van der Waals surface area (Å²) in [5.41, 5.74) is -0.700. The number of nitrogens with zero attached hydrogens (tertiary/aromatic N) is 2. The van der Waals surface area contributed by atoms with E-state index in [1.165, 1.54) is 4.90 Å². The first-order valence-corrected chi connectivity index (χ1v) is 5.68. The summed E-state index contributed by atoms with van der Waals surface area (Å²) in [6.07, 6.45) is 8.33. The van der Waals surface area contributed by atoms with E-state index < -0.39 is 5.54 Å². The van der Waals surface area contributed by atoms with Gasteiger partial charge in [0.05, 0.1) is 0 Å². The molecular weight excluding hydrogens is 216 g/mol. The van der Waals surface area contributed by atoms with E-state index in [1.807, 2.05) is 12.2 Å². The fourth-order valence-electron chi connectivity index (χ4n) is 2.49. The van der Waals surface area contributed by atoms with Crippen LogP contribution in [0.1, 0.15) is 12.8 Å². The van der Waals surface area contributed by atoms with Crippen LogP contribution in [-0.2, 0) is 4.79 Å². The first-order valence-electron chi connectivity index (χ1n) is 5.68. The van der Waals surface area contributed by atoms with Gasteiger partial charge in [0.1, 0.15) is 5.54 Å². The van der Waals surface area contributed by atoms with E-state index in [9.17, 15) is 9.59 Å². The predicted molar refractivity (Wildman–Crippen MR) is 65.3 cm³/mol. The second-order valence-corrected chi connectivity index (χ2v) is 4.30. The van der Waals surface area contributed by atoms with Crippen molar-refractivity contribution in [2.75, 3.05) is 13.1 Å². The van der Waals surface area contributed by atoms with Gasteiger partial charge in [-0.2, -0.15) is 0 Å². The number of rotatable bonds is 4. The van der Waals surface area contributed by atoms with Gasteiger partial charge in [-0.1, -0.05) is 24.3 Å². The maximum atomic E-state index is 12.4. The van der Waals surface area contributed by atoms with Crippen molar-refractivity contribution in [3.8, 4) is 0 Å². The van der Waals surface area contributed by atoms with E-state index in [-0.39, 0.29) is 18.5 Å². The average Bonchev–Trinajstić information content (AvgIpc) is 2.87. The molecule has 0 atom stereocenters. The van der Waals surface area contributed by atoms with Gasteiger partial charge in [0.2, 0.25) is 0 Å². The third-order valence-electron chi connectivity index (χ3n) is 3.32. The Bertz CT molecular complexity index is 404. The number of carbonyl (C=O) groups is 2. The third kappa shape index (κ3) is 1.52. The van der Waals surface area contributed by atoms with Crippen molar-refractivity contribution in [1.82, 2.24) is 9.80 Å². The minimum absolute atomic E-state index is 0.116. The second kappa shape index (κ2) is 4.20. The van der Waals surface area contributed by atoms with Gasteiger partial charge in [-0.25, -0.2) is 4.79 Å². The molecule has 0 N–H and O–H groups in total. The van der Waals surface area contributed by atoms with Crippen molar-refractivity contribution >= 4 is 11.9 Å². The first kappa shape index (κ1) is 11.6. The molecule has 1 aliphatic heterocycles. The van der Waals surface area contributed by atoms with E-state index in [1.54, 1.807) is 17.1 Å². The molecular formula is C13H16N2O2. The smallest absolute Gasteiger partial charge is 0.305 e. The Labute approximate surface area is 101 Å². The fraction of sp³-hybridized carbons (Fsp3) is 0.385. The molecule has 4 nitrogen and oxygen atoms in total. The maximum Gasteiger partial charge on any atom is 0.328 e. The van der Waals surface area contributed by atoms with E-state index in [4.69, 9.17) is 0 Å². The largest absolute Gasteiger partial charge is 0.328 e. The Morgan fingerprint density at radius 2 is 1.76 bits per heavy atom. The van der Waals surface area contributed by atoms with Gasteiger partial charge < -0.3 is 4.90 Å². The molecule has 2 aliphatic rings. The van der Waals surface area contributed by atoms with Crippen LogP contribution in [0.25, 0.3) is 0 Å². The molecule has 1 heterocycles. The molecule has 1 saturated heterocycles. The highest BCUT2D eigenvalue weighted by atomic mass is 16.2. The number of hydrogen-bond donors (Lipinski definition) is 0. The summed E-state index contributed by atoms with van der Waals surface area (Å²) >= 11 is 0. The summed E-state index contributed by atoms with van der Waals surface area (Å²) in [6.45, 7) is 7.90. The third-order valence-corrected chi connectivity index (χ3v) is 3.32. The maximum absolute atomic E-state index is 12.4. The summed E-state index contributed by atoms with van der Waals surface area (Å²) in [4.78, 5) is 27.4. The molecule has 0 radical (unpaired) electrons. The van der Waals surface area contributed by atoms with Gasteiger partial charge in [0, 0.05) is 13.1 Å². The van der Waals surface area contributed by atoms with Crippen LogP contribution in [0.15, 0.2) is 37.5 Å². The summed E-state index contributed by atoms with van der Waals surface area (Å²) in [5, 5.41) is 0. The molecule has 2 rings (SSSR count). The van der Waals surface area contributed by atoms with Crippen LogP contribution in [0.4, 0.5) is 4.79 Å². The quantitative estimate of drug-likeness (QED) is 0.547. The zero-order valence-corrected chi connectivity index (χ0v) is 9.76. The van der Waals surface area contributed by atoms with Crippen molar-refractivity contribution in [3.63, 3.8) is 0 Å². The van der Waals surface area contributed by atoms with E-state index in [0.29, 0.717) is 19.4 Å². The van der Waals surface area contributed by atoms with E-state index >= 15 is 0 Å². The molecule has 4 heteroatoms. The normalized spacial score (nSPS) is 21.6. The van der Waals surface area contributed by atoms with Crippen molar-refractivity contribution in [3.05, 3.63) is 37.5 Å². The van der Waals surface area contributed by atoms with Crippen LogP contribution < -0.4 is 0 Å². The van der Waals surface area contributed by atoms with Gasteiger partial charge in [-0.15, -0.1) is 13.2 Å². The zero-order valence-electron chi connectivity index (χ0n) is 9.76. The molecule has 3 amide bonds. The Balaban J connectivity index is 2.35. The van der Waals surface area contributed by atoms with E-state index in [0.717, 1.165) is 0 Å². The Kier molecular flexibility index (Phi) is 2.88. The van der Waals surface area contributed by atoms with Crippen LogP contribution in [0.2, 0.25) is 0 Å². The lowest BCUT2D eigenvalue weighted by Crippen LogP contribution is -2.47. The molecule has 0 aromatic heterocycles. The van der Waals surface area contributed by atoms with Crippen LogP contribution in [0.3, 0.4) is 0 Å². The number of urea groups is 1. The minimum Gasteiger partial charge on any atom is -0.305 e. The molecule has 0 unspecified atom stereocenters. The Morgan fingerprint density at radius 1 is 1.18 bits per heavy atom. The molecule has 0 aromatic rings. The molecule has 1 spiro atoms. The lowest BCUT2D eigenvalue weighted by molar-refractivity contribution is -0.132. The highest BCUT2D eigenvalue weighted by molar-refractivity contribution is 6.07. The number of amides is 3. The second-order valence-electron chi connectivity index (χ2n) is 4.30. The standard InChI is InChI=1S/C13H16N2O2/c1-3-9-14-11(16)13(7-5-6-8-13)15(10-4-2)12(14)17/h3-6H,1-2,7-10H2. The highest BCUT2D eigenvalue weighted by Gasteiger charge is 2.56. The first-order chi connectivity index (χ1) is 8.17. The summed E-state index contributed by atoms with van der Waals surface area (Å²) < 4.78 is 0. The summed E-state index contributed by atoms with van der Waals surface area (Å²) in [7, 11) is 0. The van der Waals surface area contributed by atoms with Gasteiger partial charge in [-0.05, 0) is 12.8 Å². The molecule has 1 fully saturated rings. The fourth-order valence-corrected chi connectivity index (χ4v) is 2.49. The summed E-state index contributed by atoms with van der Waals surface area (Å²) in [6, 6.07) is -0.237. The highest BCUT2D eigenvalue weighted by Crippen LogP contribution is 2.38. The summed E-state index contributed by atoms with van der Waals surface area (Å²) in [5.74, 6) is -0.116. The molecule has 1 aliphatic carbocycles. The van der Waals surface area contributed by atoms with Gasteiger partial charge in [0.15, 0.2) is 0 Å². The van der Waals surface area contributed by atoms with Crippen molar-refractivity contribution in [2.45, 2.75) is 18.4 Å². The van der Waals surface area contributed by atoms with Crippen LogP contribution in [0, 0.1) is 0 Å². The molecule has 0 bridgehead atoms. The number of carbonyl (C=O) groups excluding carboxylic acids is 2. The minimum atomic E-state index is -0.700. The van der Waals surface area contributed by atoms with Crippen LogP contribution in [0.5, 0.6) is 0 Å². The Hall–Kier alpha value is -1.84. The van der Waals surface area contributed by atoms with Gasteiger partial charge >= 0.3 is 6.03 Å². The van der Waals surface area contributed by atoms with Gasteiger partial charge in [-0.3, -0.25) is 9.69 Å². The predicted octanol–water partition coefficient (Wildman–Crippen LogP) is 1.71. The molecule has 0 aromatic carbocycles. The monoisotopic (exact) mass is 232 g/mol. The van der Waals surface area contributed by atoms with Gasteiger partial charge in [0.25, 0.3) is 5.91 Å². The lowest BCUT2D eigenvalue weighted by atomic mass is 9.94. The van der Waals surface area contributed by atoms with Crippen molar-refractivity contribution < 1.29 is 9.59 Å². The van der Waals surface area contributed by atoms with Crippen molar-refractivity contribution in [2.24, 2.45) is 0 Å². The molecule has 17 heavy (non-hydrogen) atoms. The van der Waals surface area contributed by atoms with Crippen LogP contribution in [-0.4, -0.2) is 40.4 Å².